The quantitative estimate of drug-likeness (QED) is 0.549. The van der Waals surface area contributed by atoms with Crippen molar-refractivity contribution in [3.05, 3.63) is 47.5 Å². The van der Waals surface area contributed by atoms with Crippen molar-refractivity contribution in [3.8, 4) is 0 Å². The lowest BCUT2D eigenvalue weighted by atomic mass is 9.77. The zero-order valence-corrected chi connectivity index (χ0v) is 19.6. The van der Waals surface area contributed by atoms with Gasteiger partial charge >= 0.3 is 5.97 Å². The van der Waals surface area contributed by atoms with Crippen molar-refractivity contribution in [2.24, 2.45) is 29.1 Å². The van der Waals surface area contributed by atoms with E-state index < -0.39 is 29.2 Å². The summed E-state index contributed by atoms with van der Waals surface area (Å²) >= 11 is 0. The molecule has 0 amide bonds. The molecule has 1 aromatic carbocycles. The van der Waals surface area contributed by atoms with Gasteiger partial charge in [-0.05, 0) is 74.0 Å². The van der Waals surface area contributed by atoms with Crippen LogP contribution in [0.4, 0.5) is 0 Å². The highest BCUT2D eigenvalue weighted by Crippen LogP contribution is 2.64. The van der Waals surface area contributed by atoms with Crippen molar-refractivity contribution in [2.45, 2.75) is 77.3 Å². The summed E-state index contributed by atoms with van der Waals surface area (Å²) in [5.74, 6) is -0.535. The van der Waals surface area contributed by atoms with Crippen molar-refractivity contribution in [3.63, 3.8) is 0 Å². The molecule has 0 spiro atoms. The molecule has 5 nitrogen and oxygen atoms in total. The first kappa shape index (κ1) is 21.8. The zero-order valence-electron chi connectivity index (χ0n) is 19.6. The Labute approximate surface area is 190 Å². The van der Waals surface area contributed by atoms with Crippen LogP contribution in [0.5, 0.6) is 0 Å². The second-order valence-corrected chi connectivity index (χ2v) is 11.4. The maximum Gasteiger partial charge on any atom is 0.338 e. The number of carbonyl (C=O) groups excluding carboxylic acids is 2. The average molecular weight is 439 g/mol. The maximum absolute atomic E-state index is 13.7. The molecule has 0 radical (unpaired) electrons. The molecule has 3 aliphatic carbocycles. The monoisotopic (exact) mass is 438 g/mol. The van der Waals surface area contributed by atoms with Gasteiger partial charge < -0.3 is 14.6 Å². The van der Waals surface area contributed by atoms with Crippen LogP contribution in [-0.4, -0.2) is 40.3 Å². The minimum atomic E-state index is -1.59. The maximum atomic E-state index is 13.7. The Hall–Kier alpha value is -1.98. The van der Waals surface area contributed by atoms with Gasteiger partial charge in [0.1, 0.15) is 11.7 Å². The Morgan fingerprint density at radius 2 is 1.88 bits per heavy atom. The number of benzene rings is 1. The molecule has 8 atom stereocenters. The van der Waals surface area contributed by atoms with Crippen LogP contribution >= 0.6 is 0 Å². The minimum Gasteiger partial charge on any atom is -0.458 e. The van der Waals surface area contributed by atoms with Gasteiger partial charge in [0.15, 0.2) is 5.78 Å². The third kappa shape index (κ3) is 3.19. The number of Topliss-reactive ketones (excluding diaryl/α,β-unsaturated/α-hetero) is 1. The van der Waals surface area contributed by atoms with Crippen molar-refractivity contribution in [1.29, 1.82) is 0 Å². The normalized spacial score (nSPS) is 45.9. The van der Waals surface area contributed by atoms with Crippen LogP contribution in [0.2, 0.25) is 0 Å². The Balaban J connectivity index is 1.50. The molecule has 172 valence electrons. The van der Waals surface area contributed by atoms with Crippen molar-refractivity contribution in [1.82, 2.24) is 0 Å². The molecular weight excluding hydrogens is 404 g/mol. The molecule has 0 bridgehead atoms. The van der Waals surface area contributed by atoms with E-state index in [4.69, 9.17) is 9.47 Å². The summed E-state index contributed by atoms with van der Waals surface area (Å²) in [5.41, 5.74) is -0.745. The lowest BCUT2D eigenvalue weighted by Gasteiger charge is -2.31. The summed E-state index contributed by atoms with van der Waals surface area (Å²) in [4.78, 5) is 26.5. The topological polar surface area (TPSA) is 76.1 Å². The van der Waals surface area contributed by atoms with Gasteiger partial charge in [-0.1, -0.05) is 45.0 Å². The molecule has 1 aromatic rings. The number of carbonyl (C=O) groups is 2. The van der Waals surface area contributed by atoms with E-state index >= 15 is 0 Å². The summed E-state index contributed by atoms with van der Waals surface area (Å²) in [6.45, 7) is 10.4. The number of ether oxygens (including phenoxy) is 2. The van der Waals surface area contributed by atoms with E-state index in [-0.39, 0.29) is 29.6 Å². The lowest BCUT2D eigenvalue weighted by molar-refractivity contribution is -0.140. The van der Waals surface area contributed by atoms with Gasteiger partial charge in [0.2, 0.25) is 0 Å². The Morgan fingerprint density at radius 1 is 1.19 bits per heavy atom. The van der Waals surface area contributed by atoms with Crippen LogP contribution in [0.1, 0.15) is 64.2 Å². The zero-order chi connectivity index (χ0) is 23.1. The molecular formula is C27H34O5. The van der Waals surface area contributed by atoms with E-state index in [9.17, 15) is 14.7 Å². The number of ketones is 1. The molecule has 5 rings (SSSR count). The van der Waals surface area contributed by atoms with Gasteiger partial charge in [-0.15, -0.1) is 0 Å². The highest BCUT2D eigenvalue weighted by atomic mass is 16.6. The Kier molecular flexibility index (Phi) is 4.78. The fraction of sp³-hybridized carbons (Fsp3) is 0.630. The Morgan fingerprint density at radius 3 is 2.56 bits per heavy atom. The molecule has 4 aliphatic rings. The first-order chi connectivity index (χ1) is 15.0. The minimum absolute atomic E-state index is 0.157. The van der Waals surface area contributed by atoms with E-state index in [1.165, 1.54) is 0 Å². The van der Waals surface area contributed by atoms with Crippen molar-refractivity contribution >= 4 is 11.8 Å². The predicted molar refractivity (Wildman–Crippen MR) is 120 cm³/mol. The van der Waals surface area contributed by atoms with Crippen molar-refractivity contribution in [2.75, 3.05) is 0 Å². The highest BCUT2D eigenvalue weighted by molar-refractivity contribution is 6.02. The van der Waals surface area contributed by atoms with Crippen LogP contribution in [0.3, 0.4) is 0 Å². The van der Waals surface area contributed by atoms with Gasteiger partial charge in [-0.25, -0.2) is 4.79 Å². The highest BCUT2D eigenvalue weighted by Gasteiger charge is 2.70. The van der Waals surface area contributed by atoms with Gasteiger partial charge in [-0.2, -0.15) is 0 Å². The van der Waals surface area contributed by atoms with Crippen molar-refractivity contribution < 1.29 is 24.2 Å². The first-order valence-corrected chi connectivity index (χ1v) is 11.9. The summed E-state index contributed by atoms with van der Waals surface area (Å²) < 4.78 is 12.2. The fourth-order valence-electron chi connectivity index (χ4n) is 6.70. The van der Waals surface area contributed by atoms with Crippen LogP contribution in [0.15, 0.2) is 42.0 Å². The number of aliphatic hydroxyl groups is 1. The number of rotatable bonds is 2. The van der Waals surface area contributed by atoms with E-state index in [0.717, 1.165) is 12.8 Å². The molecule has 1 heterocycles. The van der Waals surface area contributed by atoms with E-state index in [2.05, 4.69) is 26.8 Å². The van der Waals surface area contributed by atoms with Crippen LogP contribution in [0, 0.1) is 29.1 Å². The lowest BCUT2D eigenvalue weighted by Crippen LogP contribution is -2.49. The summed E-state index contributed by atoms with van der Waals surface area (Å²) in [5, 5.41) is 11.9. The van der Waals surface area contributed by atoms with Gasteiger partial charge in [-0.3, -0.25) is 4.79 Å². The number of fused-ring (bicyclic) bond motifs is 4. The second-order valence-electron chi connectivity index (χ2n) is 11.4. The van der Waals surface area contributed by atoms with Gasteiger partial charge in [0.25, 0.3) is 0 Å². The molecule has 0 unspecified atom stereocenters. The summed E-state index contributed by atoms with van der Waals surface area (Å²) in [6.07, 6.45) is 3.36. The van der Waals surface area contributed by atoms with Crippen LogP contribution in [0.25, 0.3) is 0 Å². The Bertz CT molecular complexity index is 981. The van der Waals surface area contributed by atoms with Crippen LogP contribution in [-0.2, 0) is 14.3 Å². The van der Waals surface area contributed by atoms with Gasteiger partial charge in [0, 0.05) is 0 Å². The second kappa shape index (κ2) is 7.01. The number of allylic oxidation sites excluding steroid dienone is 1. The third-order valence-electron chi connectivity index (χ3n) is 8.89. The SMILES string of the molecule is C/C1=C\[C@@H]2[C@H](CC[C@@]3(C)O[C@@H]3[C@H]3[C@@H](OC(=O)c4ccccc4)[C@@H](C)C[C@]3(O)C1=O)C2(C)C. The van der Waals surface area contributed by atoms with Crippen LogP contribution < -0.4 is 0 Å². The summed E-state index contributed by atoms with van der Waals surface area (Å²) in [6, 6.07) is 8.87. The van der Waals surface area contributed by atoms with E-state index in [1.807, 2.05) is 19.9 Å². The molecule has 2 saturated carbocycles. The standard InChI is InChI=1S/C27H34O5/c1-15-13-19-18(25(19,3)4)11-12-26(5)23(32-26)20-21(16(2)14-27(20,30)22(15)28)31-24(29)17-9-7-6-8-10-17/h6-10,13,16,18-21,23,30H,11-12,14H2,1-5H3/b15-13+/t16-,18-,19+,20+,21-,23+,26+,27+/m0/s1. The molecule has 1 aliphatic heterocycles. The average Bonchev–Trinajstić information content (AvgIpc) is 3.52. The molecule has 1 N–H and O–H groups in total. The number of hydrogen-bond donors (Lipinski definition) is 1. The van der Waals surface area contributed by atoms with E-state index in [0.29, 0.717) is 23.0 Å². The summed E-state index contributed by atoms with van der Waals surface area (Å²) in [7, 11) is 0. The van der Waals surface area contributed by atoms with Gasteiger partial charge in [0.05, 0.1) is 23.2 Å². The number of hydrogen-bond acceptors (Lipinski definition) is 5. The molecule has 5 heteroatoms. The molecule has 0 aromatic heterocycles. The molecule has 32 heavy (non-hydrogen) atoms. The smallest absolute Gasteiger partial charge is 0.338 e. The third-order valence-corrected chi connectivity index (χ3v) is 8.89. The first-order valence-electron chi connectivity index (χ1n) is 11.9. The number of epoxide rings is 1. The number of esters is 1. The largest absolute Gasteiger partial charge is 0.458 e. The predicted octanol–water partition coefficient (Wildman–Crippen LogP) is 4.34. The molecule has 1 saturated heterocycles. The van der Waals surface area contributed by atoms with E-state index in [1.54, 1.807) is 24.3 Å². The molecule has 3 fully saturated rings. The fourth-order valence-corrected chi connectivity index (χ4v) is 6.70.